The van der Waals surface area contributed by atoms with Crippen LogP contribution in [0.1, 0.15) is 30.5 Å². The first-order valence-electron chi connectivity index (χ1n) is 8.68. The average molecular weight is 353 g/mol. The van der Waals surface area contributed by atoms with Gasteiger partial charge in [-0.15, -0.1) is 0 Å². The van der Waals surface area contributed by atoms with E-state index in [0.717, 1.165) is 17.8 Å². The topological polar surface area (TPSA) is 85.2 Å². The van der Waals surface area contributed by atoms with Crippen LogP contribution in [0.15, 0.2) is 30.5 Å². The molecular weight excluding hydrogens is 330 g/mol. The van der Waals surface area contributed by atoms with Crippen LogP contribution < -0.4 is 9.64 Å². The van der Waals surface area contributed by atoms with E-state index in [2.05, 4.69) is 28.1 Å². The summed E-state index contributed by atoms with van der Waals surface area (Å²) in [7, 11) is 1.58. The van der Waals surface area contributed by atoms with Crippen molar-refractivity contribution in [3.63, 3.8) is 0 Å². The molecule has 1 aliphatic heterocycles. The zero-order valence-electron chi connectivity index (χ0n) is 15.1. The molecule has 1 N–H and O–H groups in total. The van der Waals surface area contributed by atoms with E-state index in [1.165, 1.54) is 0 Å². The third kappa shape index (κ3) is 3.70. The van der Waals surface area contributed by atoms with Crippen molar-refractivity contribution in [2.75, 3.05) is 31.6 Å². The van der Waals surface area contributed by atoms with Gasteiger partial charge in [0.15, 0.2) is 0 Å². The number of fused-ring (bicyclic) bond motifs is 1. The molecule has 1 aromatic heterocycles. The van der Waals surface area contributed by atoms with Gasteiger partial charge in [-0.1, -0.05) is 19.1 Å². The quantitative estimate of drug-likeness (QED) is 0.861. The minimum absolute atomic E-state index is 0.0381. The molecule has 2 aromatic rings. The number of methoxy groups -OCH3 is 1. The number of amides is 1. The molecule has 1 unspecified atom stereocenters. The molecule has 0 spiro atoms. The largest absolute Gasteiger partial charge is 0.495 e. The third-order valence-corrected chi connectivity index (χ3v) is 4.65. The van der Waals surface area contributed by atoms with Crippen LogP contribution in [-0.4, -0.2) is 47.7 Å². The number of hydrogen-bond donors (Lipinski definition) is 1. The molecule has 3 rings (SSSR count). The highest BCUT2D eigenvalue weighted by Gasteiger charge is 2.27. The van der Waals surface area contributed by atoms with Crippen molar-refractivity contribution in [2.45, 2.75) is 25.8 Å². The molecule has 26 heavy (non-hydrogen) atoms. The van der Waals surface area contributed by atoms with Gasteiger partial charge in [-0.3, -0.25) is 14.8 Å². The molecule has 7 heteroatoms. The lowest BCUT2D eigenvalue weighted by molar-refractivity contribution is -0.120. The average Bonchev–Trinajstić information content (AvgIpc) is 3.11. The van der Waals surface area contributed by atoms with Gasteiger partial charge in [-0.25, -0.2) is 0 Å². The maximum Gasteiger partial charge on any atom is 0.241 e. The maximum absolute atomic E-state index is 13.0. The Morgan fingerprint density at radius 3 is 3.08 bits per heavy atom. The van der Waals surface area contributed by atoms with E-state index in [-0.39, 0.29) is 12.3 Å². The summed E-state index contributed by atoms with van der Waals surface area (Å²) < 4.78 is 5.40. The van der Waals surface area contributed by atoms with Crippen molar-refractivity contribution in [2.24, 2.45) is 0 Å². The SMILES string of the molecule is COc1ccccc1N(CCC#N)C(=O)CN1Cc2cn[nH]c2C(C)C1. The van der Waals surface area contributed by atoms with Gasteiger partial charge >= 0.3 is 0 Å². The summed E-state index contributed by atoms with van der Waals surface area (Å²) in [5, 5.41) is 16.1. The zero-order valence-corrected chi connectivity index (χ0v) is 15.1. The van der Waals surface area contributed by atoms with E-state index in [9.17, 15) is 4.79 Å². The number of aromatic amines is 1. The van der Waals surface area contributed by atoms with Gasteiger partial charge in [0.25, 0.3) is 0 Å². The smallest absolute Gasteiger partial charge is 0.241 e. The number of nitriles is 1. The summed E-state index contributed by atoms with van der Waals surface area (Å²) in [6, 6.07) is 9.52. The summed E-state index contributed by atoms with van der Waals surface area (Å²) in [5.74, 6) is 0.889. The molecule has 1 aromatic carbocycles. The molecule has 136 valence electrons. The lowest BCUT2D eigenvalue weighted by Crippen LogP contribution is -2.43. The summed E-state index contributed by atoms with van der Waals surface area (Å²) in [6.45, 7) is 4.24. The molecule has 0 saturated carbocycles. The van der Waals surface area contributed by atoms with Crippen molar-refractivity contribution in [3.8, 4) is 11.8 Å². The number of ether oxygens (including phenoxy) is 1. The van der Waals surface area contributed by atoms with Crippen molar-refractivity contribution in [1.29, 1.82) is 5.26 Å². The summed E-state index contributed by atoms with van der Waals surface area (Å²) >= 11 is 0. The van der Waals surface area contributed by atoms with Gasteiger partial charge in [-0.2, -0.15) is 10.4 Å². The normalized spacial score (nSPS) is 16.6. The molecular formula is C19H23N5O2. The second-order valence-corrected chi connectivity index (χ2v) is 6.50. The Bertz CT molecular complexity index is 810. The predicted octanol–water partition coefficient (Wildman–Crippen LogP) is 2.28. The van der Waals surface area contributed by atoms with Crippen LogP contribution in [0, 0.1) is 11.3 Å². The highest BCUT2D eigenvalue weighted by Crippen LogP contribution is 2.29. The summed E-state index contributed by atoms with van der Waals surface area (Å²) in [4.78, 5) is 16.8. The first-order chi connectivity index (χ1) is 12.6. The number of nitrogens with one attached hydrogen (secondary N) is 1. The number of nitrogens with zero attached hydrogens (tertiary/aromatic N) is 4. The highest BCUT2D eigenvalue weighted by atomic mass is 16.5. The van der Waals surface area contributed by atoms with E-state index in [1.54, 1.807) is 12.0 Å². The van der Waals surface area contributed by atoms with Crippen LogP contribution in [0.5, 0.6) is 5.75 Å². The Kier molecular flexibility index (Phi) is 5.54. The highest BCUT2D eigenvalue weighted by molar-refractivity contribution is 5.96. The Labute approximate surface area is 153 Å². The van der Waals surface area contributed by atoms with E-state index >= 15 is 0 Å². The van der Waals surface area contributed by atoms with Gasteiger partial charge in [0.05, 0.1) is 38.0 Å². The van der Waals surface area contributed by atoms with Crippen molar-refractivity contribution >= 4 is 11.6 Å². The Hall–Kier alpha value is -2.85. The zero-order chi connectivity index (χ0) is 18.5. The number of rotatable bonds is 6. The van der Waals surface area contributed by atoms with Crippen molar-refractivity contribution < 1.29 is 9.53 Å². The monoisotopic (exact) mass is 353 g/mol. The molecule has 1 aliphatic rings. The Morgan fingerprint density at radius 1 is 1.50 bits per heavy atom. The molecule has 2 heterocycles. The second kappa shape index (κ2) is 8.02. The number of aromatic nitrogens is 2. The van der Waals surface area contributed by atoms with Gasteiger partial charge in [0.1, 0.15) is 5.75 Å². The molecule has 0 saturated heterocycles. The predicted molar refractivity (Wildman–Crippen MR) is 97.9 cm³/mol. The van der Waals surface area contributed by atoms with Crippen LogP contribution in [0.2, 0.25) is 0 Å². The van der Waals surface area contributed by atoms with E-state index < -0.39 is 0 Å². The van der Waals surface area contributed by atoms with E-state index in [0.29, 0.717) is 37.0 Å². The fraction of sp³-hybridized carbons (Fsp3) is 0.421. The van der Waals surface area contributed by atoms with Gasteiger partial charge < -0.3 is 9.64 Å². The van der Waals surface area contributed by atoms with Gasteiger partial charge in [0.2, 0.25) is 5.91 Å². The van der Waals surface area contributed by atoms with E-state index in [4.69, 9.17) is 10.00 Å². The van der Waals surface area contributed by atoms with Gasteiger partial charge in [-0.05, 0) is 12.1 Å². The Morgan fingerprint density at radius 2 is 2.31 bits per heavy atom. The van der Waals surface area contributed by atoms with Gasteiger partial charge in [0, 0.05) is 36.8 Å². The minimum atomic E-state index is -0.0381. The van der Waals surface area contributed by atoms with Crippen LogP contribution in [0.4, 0.5) is 5.69 Å². The number of hydrogen-bond acceptors (Lipinski definition) is 5. The maximum atomic E-state index is 13.0. The number of benzene rings is 1. The minimum Gasteiger partial charge on any atom is -0.495 e. The third-order valence-electron chi connectivity index (χ3n) is 4.65. The lowest BCUT2D eigenvalue weighted by atomic mass is 9.98. The molecule has 1 amide bonds. The molecule has 0 radical (unpaired) electrons. The number of para-hydroxylation sites is 2. The number of carbonyl (C=O) groups excluding carboxylic acids is 1. The summed E-state index contributed by atoms with van der Waals surface area (Å²) in [6.07, 6.45) is 2.10. The van der Waals surface area contributed by atoms with Crippen LogP contribution in [0.25, 0.3) is 0 Å². The standard InChI is InChI=1S/C19H23N5O2/c1-14-11-23(12-15-10-21-22-19(14)15)13-18(25)24(9-5-8-20)16-6-3-4-7-17(16)26-2/h3-4,6-7,10,14H,5,9,11-13H2,1-2H3,(H,21,22). The Balaban J connectivity index is 1.77. The molecule has 0 aliphatic carbocycles. The fourth-order valence-electron chi connectivity index (χ4n) is 3.45. The number of H-pyrrole nitrogens is 1. The van der Waals surface area contributed by atoms with Crippen LogP contribution in [-0.2, 0) is 11.3 Å². The molecule has 0 fully saturated rings. The number of anilines is 1. The van der Waals surface area contributed by atoms with Crippen LogP contribution in [0.3, 0.4) is 0 Å². The molecule has 0 bridgehead atoms. The van der Waals surface area contributed by atoms with Crippen molar-refractivity contribution in [3.05, 3.63) is 41.7 Å². The first-order valence-corrected chi connectivity index (χ1v) is 8.68. The lowest BCUT2D eigenvalue weighted by Gasteiger charge is -2.32. The fourth-order valence-corrected chi connectivity index (χ4v) is 3.45. The molecule has 7 nitrogen and oxygen atoms in total. The summed E-state index contributed by atoms with van der Waals surface area (Å²) in [5.41, 5.74) is 2.99. The number of carbonyl (C=O) groups is 1. The first kappa shape index (κ1) is 18.0. The van der Waals surface area contributed by atoms with Crippen LogP contribution >= 0.6 is 0 Å². The van der Waals surface area contributed by atoms with Crippen molar-refractivity contribution in [1.82, 2.24) is 15.1 Å². The second-order valence-electron chi connectivity index (χ2n) is 6.50. The van der Waals surface area contributed by atoms with E-state index in [1.807, 2.05) is 30.5 Å². The molecule has 1 atom stereocenters.